The van der Waals surface area contributed by atoms with Crippen molar-refractivity contribution in [1.82, 2.24) is 4.98 Å². The highest BCUT2D eigenvalue weighted by atomic mass is 16.2. The first-order valence-corrected chi connectivity index (χ1v) is 6.04. The van der Waals surface area contributed by atoms with Crippen LogP contribution in [0.15, 0.2) is 42.6 Å². The number of amides is 2. The van der Waals surface area contributed by atoms with E-state index in [0.29, 0.717) is 16.8 Å². The first-order chi connectivity index (χ1) is 9.59. The van der Waals surface area contributed by atoms with Crippen LogP contribution in [0.2, 0.25) is 0 Å². The fourth-order valence-electron chi connectivity index (χ4n) is 2.15. The van der Waals surface area contributed by atoms with Crippen molar-refractivity contribution in [2.45, 2.75) is 6.92 Å². The molecule has 0 unspecified atom stereocenters. The number of carbonyl (C=O) groups excluding carboxylic acids is 3. The second-order valence-electron chi connectivity index (χ2n) is 4.45. The van der Waals surface area contributed by atoms with Crippen LogP contribution in [-0.2, 0) is 0 Å². The molecule has 0 aliphatic carbocycles. The highest BCUT2D eigenvalue weighted by Crippen LogP contribution is 2.27. The molecule has 1 aromatic heterocycles. The van der Waals surface area contributed by atoms with E-state index in [4.69, 9.17) is 0 Å². The van der Waals surface area contributed by atoms with E-state index in [1.54, 1.807) is 36.4 Å². The van der Waals surface area contributed by atoms with Gasteiger partial charge in [-0.3, -0.25) is 19.4 Å². The number of hydrogen-bond acceptors (Lipinski definition) is 4. The topological polar surface area (TPSA) is 67.3 Å². The maximum absolute atomic E-state index is 12.2. The van der Waals surface area contributed by atoms with E-state index in [0.717, 1.165) is 4.90 Å². The molecular weight excluding hydrogens is 256 g/mol. The lowest BCUT2D eigenvalue weighted by atomic mass is 10.1. The molecule has 5 nitrogen and oxygen atoms in total. The van der Waals surface area contributed by atoms with Gasteiger partial charge in [-0.15, -0.1) is 0 Å². The molecule has 0 saturated carbocycles. The predicted molar refractivity (Wildman–Crippen MR) is 71.8 cm³/mol. The Hall–Kier alpha value is -2.82. The second kappa shape index (κ2) is 4.38. The number of anilines is 1. The molecule has 1 aromatic carbocycles. The SMILES string of the molecule is CC(=O)c1ccc(N2C(=O)c3cccnc3C2=O)cc1. The molecule has 1 aliphatic heterocycles. The van der Waals surface area contributed by atoms with Gasteiger partial charge in [0.05, 0.1) is 11.3 Å². The maximum Gasteiger partial charge on any atom is 0.284 e. The van der Waals surface area contributed by atoms with Crippen LogP contribution in [-0.4, -0.2) is 22.6 Å². The highest BCUT2D eigenvalue weighted by Gasteiger charge is 2.37. The summed E-state index contributed by atoms with van der Waals surface area (Å²) in [7, 11) is 0. The van der Waals surface area contributed by atoms with E-state index in [1.807, 2.05) is 0 Å². The number of rotatable bonds is 2. The molecule has 98 valence electrons. The molecule has 0 fully saturated rings. The lowest BCUT2D eigenvalue weighted by Gasteiger charge is -2.13. The smallest absolute Gasteiger partial charge is 0.284 e. The third-order valence-electron chi connectivity index (χ3n) is 3.18. The summed E-state index contributed by atoms with van der Waals surface area (Å²) in [6.07, 6.45) is 1.48. The average Bonchev–Trinajstić information content (AvgIpc) is 2.72. The fourth-order valence-corrected chi connectivity index (χ4v) is 2.15. The lowest BCUT2D eigenvalue weighted by Crippen LogP contribution is -2.29. The van der Waals surface area contributed by atoms with E-state index >= 15 is 0 Å². The molecule has 0 atom stereocenters. The number of Topliss-reactive ketones (excluding diaryl/α,β-unsaturated/α-hetero) is 1. The van der Waals surface area contributed by atoms with Crippen LogP contribution in [0.4, 0.5) is 5.69 Å². The molecule has 0 saturated heterocycles. The van der Waals surface area contributed by atoms with Gasteiger partial charge < -0.3 is 0 Å². The quantitative estimate of drug-likeness (QED) is 0.616. The van der Waals surface area contributed by atoms with Crippen molar-refractivity contribution < 1.29 is 14.4 Å². The third-order valence-corrected chi connectivity index (χ3v) is 3.18. The van der Waals surface area contributed by atoms with Gasteiger partial charge in [-0.2, -0.15) is 0 Å². The van der Waals surface area contributed by atoms with Gasteiger partial charge in [0.25, 0.3) is 11.8 Å². The average molecular weight is 266 g/mol. The summed E-state index contributed by atoms with van der Waals surface area (Å²) >= 11 is 0. The predicted octanol–water partition coefficient (Wildman–Crippen LogP) is 2.08. The Balaban J connectivity index is 2.02. The molecule has 1 aliphatic rings. The molecular formula is C15H10N2O3. The Kier molecular flexibility index (Phi) is 2.68. The van der Waals surface area contributed by atoms with Gasteiger partial charge in [-0.25, -0.2) is 4.90 Å². The zero-order chi connectivity index (χ0) is 14.3. The van der Waals surface area contributed by atoms with Crippen molar-refractivity contribution in [2.24, 2.45) is 0 Å². The van der Waals surface area contributed by atoms with Crippen molar-refractivity contribution in [3.63, 3.8) is 0 Å². The summed E-state index contributed by atoms with van der Waals surface area (Å²) in [5.41, 5.74) is 1.42. The van der Waals surface area contributed by atoms with Gasteiger partial charge in [-0.05, 0) is 43.3 Å². The summed E-state index contributed by atoms with van der Waals surface area (Å²) in [4.78, 5) is 40.7. The minimum absolute atomic E-state index is 0.0689. The van der Waals surface area contributed by atoms with Crippen LogP contribution in [0.5, 0.6) is 0 Å². The molecule has 2 heterocycles. The maximum atomic E-state index is 12.2. The second-order valence-corrected chi connectivity index (χ2v) is 4.45. The molecule has 0 N–H and O–H groups in total. The Morgan fingerprint density at radius 1 is 1.05 bits per heavy atom. The number of aromatic nitrogens is 1. The van der Waals surface area contributed by atoms with Crippen molar-refractivity contribution in [3.8, 4) is 0 Å². The van der Waals surface area contributed by atoms with Gasteiger partial charge in [0.2, 0.25) is 0 Å². The molecule has 2 amide bonds. The Bertz CT molecular complexity index is 700. The highest BCUT2D eigenvalue weighted by molar-refractivity contribution is 6.33. The van der Waals surface area contributed by atoms with Crippen LogP contribution in [0.1, 0.15) is 38.1 Å². The van der Waals surface area contributed by atoms with Crippen LogP contribution < -0.4 is 4.90 Å². The van der Waals surface area contributed by atoms with Crippen molar-refractivity contribution >= 4 is 23.3 Å². The standard InChI is InChI=1S/C15H10N2O3/c1-9(18)10-4-6-11(7-5-10)17-14(19)12-3-2-8-16-13(12)15(17)20/h2-8H,1H3. The minimum atomic E-state index is -0.443. The van der Waals surface area contributed by atoms with E-state index in [1.165, 1.54) is 13.1 Å². The van der Waals surface area contributed by atoms with Gasteiger partial charge in [-0.1, -0.05) is 0 Å². The van der Waals surface area contributed by atoms with E-state index in [-0.39, 0.29) is 11.5 Å². The number of hydrogen-bond donors (Lipinski definition) is 0. The van der Waals surface area contributed by atoms with Crippen LogP contribution in [0.3, 0.4) is 0 Å². The monoisotopic (exact) mass is 266 g/mol. The van der Waals surface area contributed by atoms with Crippen molar-refractivity contribution in [3.05, 3.63) is 59.4 Å². The Morgan fingerprint density at radius 2 is 1.75 bits per heavy atom. The number of fused-ring (bicyclic) bond motifs is 1. The van der Waals surface area contributed by atoms with Gasteiger partial charge in [0.15, 0.2) is 5.78 Å². The molecule has 2 aromatic rings. The van der Waals surface area contributed by atoms with Crippen molar-refractivity contribution in [2.75, 3.05) is 4.90 Å². The molecule has 0 spiro atoms. The summed E-state index contributed by atoms with van der Waals surface area (Å²) < 4.78 is 0. The zero-order valence-corrected chi connectivity index (χ0v) is 10.7. The summed E-state index contributed by atoms with van der Waals surface area (Å²) in [6, 6.07) is 9.54. The Labute approximate surface area is 114 Å². The molecule has 20 heavy (non-hydrogen) atoms. The summed E-state index contributed by atoms with van der Waals surface area (Å²) in [5.74, 6) is -0.907. The van der Waals surface area contributed by atoms with Gasteiger partial charge >= 0.3 is 0 Å². The lowest BCUT2D eigenvalue weighted by molar-refractivity contribution is 0.0923. The Morgan fingerprint density at radius 3 is 2.35 bits per heavy atom. The summed E-state index contributed by atoms with van der Waals surface area (Å²) in [5, 5.41) is 0. The number of ketones is 1. The normalized spacial score (nSPS) is 13.6. The number of pyridine rings is 1. The minimum Gasteiger partial charge on any atom is -0.295 e. The molecule has 0 bridgehead atoms. The first kappa shape index (κ1) is 12.2. The number of imide groups is 1. The first-order valence-electron chi connectivity index (χ1n) is 6.04. The largest absolute Gasteiger partial charge is 0.295 e. The number of carbonyl (C=O) groups is 3. The number of nitrogens with zero attached hydrogens (tertiary/aromatic N) is 2. The molecule has 0 radical (unpaired) electrons. The van der Waals surface area contributed by atoms with Crippen LogP contribution in [0, 0.1) is 0 Å². The van der Waals surface area contributed by atoms with E-state index < -0.39 is 11.8 Å². The zero-order valence-electron chi connectivity index (χ0n) is 10.7. The molecule has 3 rings (SSSR count). The fraction of sp³-hybridized carbons (Fsp3) is 0.0667. The number of benzene rings is 1. The molecule has 5 heteroatoms. The van der Waals surface area contributed by atoms with Gasteiger partial charge in [0, 0.05) is 11.8 Å². The summed E-state index contributed by atoms with van der Waals surface area (Å²) in [6.45, 7) is 1.46. The van der Waals surface area contributed by atoms with Gasteiger partial charge in [0.1, 0.15) is 5.69 Å². The van der Waals surface area contributed by atoms with Crippen LogP contribution in [0.25, 0.3) is 0 Å². The third kappa shape index (κ3) is 1.72. The van der Waals surface area contributed by atoms with E-state index in [2.05, 4.69) is 4.98 Å². The van der Waals surface area contributed by atoms with E-state index in [9.17, 15) is 14.4 Å². The van der Waals surface area contributed by atoms with Crippen molar-refractivity contribution in [1.29, 1.82) is 0 Å². The van der Waals surface area contributed by atoms with Crippen LogP contribution >= 0.6 is 0 Å².